The highest BCUT2D eigenvalue weighted by Gasteiger charge is 2.39. The fourth-order valence-electron chi connectivity index (χ4n) is 10.4. The number of hydrogen-bond acceptors (Lipinski definition) is 19. The van der Waals surface area contributed by atoms with Gasteiger partial charge in [-0.25, -0.2) is 9.97 Å². The Hall–Kier alpha value is -9.73. The number of primary amides is 1. The molecule has 12 unspecified atom stereocenters. The number of carbonyl (C=O) groups excluding carboxylic acids is 13. The molecule has 544 valence electrons. The summed E-state index contributed by atoms with van der Waals surface area (Å²) in [6, 6.07) is -7.07. The lowest BCUT2D eigenvalue weighted by Crippen LogP contribution is -2.61. The van der Waals surface area contributed by atoms with Crippen molar-refractivity contribution < 1.29 is 82.1 Å². The molecule has 0 radical (unpaired) electrons. The number of carboxylic acids is 2. The Morgan fingerprint density at radius 2 is 1.17 bits per heavy atom. The summed E-state index contributed by atoms with van der Waals surface area (Å²) in [6.45, 7) is 13.6. The van der Waals surface area contributed by atoms with Crippen LogP contribution in [0.1, 0.15) is 164 Å². The fourth-order valence-corrected chi connectivity index (χ4v) is 11.2. The standard InChI is InChI=1S/C65H96N16O17S/c1-9-35(7)51(80-56(90)41(21-22-49(83)84)73-57(91)42(25-33(3)4)74-62(96)47-31-99-65(79-47)53(87)34(5)6)63(97)69-24-15-14-19-39-54(88)71-40(20-16-23-66)55(89)81-52(36(8)10-2)64(98)78-43(26-37-17-12-11-13-18-37)58(92)75-44(27-38-30-68-32-70-38)59(93)77-46(29-50(85)86)61(95)76-45(28-48(67)82)60(94)72-39/h11-13,17-18,30-36,39-46,51-52H,9-10,14-16,19-29,66H2,1-8H3,(H2,67,82)(H,68,70)(H,69,97)(H,71,88)(H,72,94)(H,73,91)(H,74,96)(H,75,92)(H,76,95)(H,77,93)(H,78,98)(H,80,90)(H,81,89)(H,83,84)(H,85,86). The average molecular weight is 1410 g/mol. The first-order valence-corrected chi connectivity index (χ1v) is 34.0. The quantitative estimate of drug-likeness (QED) is 0.0253. The minimum atomic E-state index is -2.01. The van der Waals surface area contributed by atoms with Crippen LogP contribution in [-0.2, 0) is 75.2 Å². The van der Waals surface area contributed by atoms with Crippen LogP contribution in [0.2, 0.25) is 0 Å². The predicted molar refractivity (Wildman–Crippen MR) is 359 cm³/mol. The van der Waals surface area contributed by atoms with Gasteiger partial charge in [-0.15, -0.1) is 11.3 Å². The molecule has 0 aliphatic carbocycles. The summed E-state index contributed by atoms with van der Waals surface area (Å²) in [6.07, 6.45) is -0.463. The number of aliphatic carboxylic acids is 2. The van der Waals surface area contributed by atoms with Gasteiger partial charge in [-0.2, -0.15) is 0 Å². The van der Waals surface area contributed by atoms with Crippen LogP contribution in [0, 0.1) is 23.7 Å². The van der Waals surface area contributed by atoms with Gasteiger partial charge < -0.3 is 85.1 Å². The van der Waals surface area contributed by atoms with Gasteiger partial charge in [-0.05, 0) is 74.8 Å². The molecule has 1 fully saturated rings. The molecule has 0 bridgehead atoms. The third-order valence-electron chi connectivity index (χ3n) is 16.4. The molecule has 34 heteroatoms. The van der Waals surface area contributed by atoms with Crippen molar-refractivity contribution in [2.24, 2.45) is 35.1 Å². The lowest BCUT2D eigenvalue weighted by atomic mass is 9.96. The van der Waals surface area contributed by atoms with E-state index in [0.29, 0.717) is 24.1 Å². The normalized spacial score (nSPS) is 20.6. The van der Waals surface area contributed by atoms with Gasteiger partial charge >= 0.3 is 11.9 Å². The number of carbonyl (C=O) groups is 15. The van der Waals surface area contributed by atoms with E-state index < -0.39 is 187 Å². The van der Waals surface area contributed by atoms with Crippen molar-refractivity contribution in [3.05, 3.63) is 70.2 Å². The van der Waals surface area contributed by atoms with Gasteiger partial charge in [0.2, 0.25) is 65.0 Å². The maximum Gasteiger partial charge on any atom is 0.305 e. The zero-order valence-electron chi connectivity index (χ0n) is 57.0. The molecule has 4 rings (SSSR count). The third-order valence-corrected chi connectivity index (χ3v) is 17.3. The maximum absolute atomic E-state index is 14.7. The average Bonchev–Trinajstić information content (AvgIpc) is 1.80. The number of Topliss-reactive ketones (excluding diaryl/α,β-unsaturated/α-hetero) is 1. The van der Waals surface area contributed by atoms with Crippen LogP contribution in [0.3, 0.4) is 0 Å². The highest BCUT2D eigenvalue weighted by atomic mass is 32.1. The van der Waals surface area contributed by atoms with E-state index in [-0.39, 0.29) is 86.9 Å². The Labute approximate surface area is 577 Å². The van der Waals surface area contributed by atoms with E-state index in [1.165, 1.54) is 17.9 Å². The smallest absolute Gasteiger partial charge is 0.305 e. The second-order valence-electron chi connectivity index (χ2n) is 25.3. The number of rotatable bonds is 34. The van der Waals surface area contributed by atoms with E-state index in [1.54, 1.807) is 85.7 Å². The summed E-state index contributed by atoms with van der Waals surface area (Å²) in [7, 11) is 0. The van der Waals surface area contributed by atoms with E-state index >= 15 is 0 Å². The molecule has 33 nitrogen and oxygen atoms in total. The molecule has 99 heavy (non-hydrogen) atoms. The lowest BCUT2D eigenvalue weighted by molar-refractivity contribution is -0.142. The second kappa shape index (κ2) is 40.9. The van der Waals surface area contributed by atoms with Gasteiger partial charge in [0.25, 0.3) is 5.91 Å². The molecule has 1 saturated heterocycles. The molecule has 0 saturated carbocycles. The van der Waals surface area contributed by atoms with Crippen LogP contribution >= 0.6 is 11.3 Å². The molecule has 2 aromatic heterocycles. The highest BCUT2D eigenvalue weighted by Crippen LogP contribution is 2.18. The number of carboxylic acid groups (broad SMARTS) is 2. The Morgan fingerprint density at radius 3 is 1.73 bits per heavy atom. The number of benzene rings is 1. The molecule has 12 atom stereocenters. The molecule has 3 heterocycles. The van der Waals surface area contributed by atoms with E-state index in [1.807, 2.05) is 0 Å². The molecular weight excluding hydrogens is 1310 g/mol. The van der Waals surface area contributed by atoms with Crippen molar-refractivity contribution in [2.75, 3.05) is 13.1 Å². The molecule has 0 spiro atoms. The van der Waals surface area contributed by atoms with Crippen LogP contribution in [0.4, 0.5) is 0 Å². The molecule has 1 aromatic carbocycles. The fraction of sp³-hybridized carbons (Fsp3) is 0.585. The number of aromatic amines is 1. The molecule has 3 aromatic rings. The summed E-state index contributed by atoms with van der Waals surface area (Å²) in [5, 5.41) is 49.4. The molecule has 1 aliphatic heterocycles. The number of amides is 12. The second-order valence-corrected chi connectivity index (χ2v) is 26.1. The van der Waals surface area contributed by atoms with Gasteiger partial charge in [0, 0.05) is 49.0 Å². The van der Waals surface area contributed by atoms with Gasteiger partial charge in [0.1, 0.15) is 66.1 Å². The van der Waals surface area contributed by atoms with Crippen molar-refractivity contribution >= 4 is 99.9 Å². The first kappa shape index (κ1) is 81.7. The molecular formula is C65H96N16O17S. The predicted octanol–water partition coefficient (Wildman–Crippen LogP) is -0.956. The van der Waals surface area contributed by atoms with Crippen molar-refractivity contribution in [3.63, 3.8) is 0 Å². The number of ketones is 1. The maximum atomic E-state index is 14.7. The largest absolute Gasteiger partial charge is 0.481 e. The zero-order valence-corrected chi connectivity index (χ0v) is 57.8. The summed E-state index contributed by atoms with van der Waals surface area (Å²) in [4.78, 5) is 217. The van der Waals surface area contributed by atoms with E-state index in [9.17, 15) is 82.1 Å². The zero-order chi connectivity index (χ0) is 73.6. The molecule has 1 aliphatic rings. The number of imidazole rings is 1. The van der Waals surface area contributed by atoms with Gasteiger partial charge in [-0.1, -0.05) is 98.6 Å². The lowest BCUT2D eigenvalue weighted by Gasteiger charge is -2.29. The number of H-pyrrole nitrogens is 1. The third kappa shape index (κ3) is 27.2. The van der Waals surface area contributed by atoms with E-state index in [0.717, 1.165) is 11.3 Å². The minimum absolute atomic E-state index is 0.0117. The summed E-state index contributed by atoms with van der Waals surface area (Å²) >= 11 is 0.960. The topological polar surface area (TPSA) is 522 Å². The first-order chi connectivity index (χ1) is 46.8. The number of unbranched alkanes of at least 4 members (excludes halogenated alkanes) is 1. The van der Waals surface area contributed by atoms with Crippen molar-refractivity contribution in [2.45, 2.75) is 206 Å². The van der Waals surface area contributed by atoms with Crippen LogP contribution in [0.15, 0.2) is 48.2 Å². The van der Waals surface area contributed by atoms with Crippen molar-refractivity contribution in [3.8, 4) is 0 Å². The summed E-state index contributed by atoms with van der Waals surface area (Å²) < 4.78 is 0. The van der Waals surface area contributed by atoms with Gasteiger partial charge in [0.05, 0.1) is 19.2 Å². The summed E-state index contributed by atoms with van der Waals surface area (Å²) in [5.41, 5.74) is 12.2. The monoisotopic (exact) mass is 1400 g/mol. The van der Waals surface area contributed by atoms with E-state index in [4.69, 9.17) is 11.5 Å². The number of thiazole rings is 1. The minimum Gasteiger partial charge on any atom is -0.481 e. The summed E-state index contributed by atoms with van der Waals surface area (Å²) in [5.74, 6) is -16.7. The Bertz CT molecular complexity index is 3290. The first-order valence-electron chi connectivity index (χ1n) is 33.1. The Kier molecular flexibility index (Phi) is 33.7. The van der Waals surface area contributed by atoms with Crippen LogP contribution in [-0.4, -0.2) is 187 Å². The van der Waals surface area contributed by atoms with E-state index in [2.05, 4.69) is 73.4 Å². The SMILES string of the molecule is CCC(C)C(NC(=O)C(CCC(=O)O)NC(=O)C(CC(C)C)NC(=O)c1csc(C(=O)C(C)C)n1)C(=O)NCCCCC1NC(=O)C(CC(N)=O)NC(=O)C(CC(=O)O)NC(=O)C(Cc2cnc[nH]2)NC(=O)C(Cc2ccccc2)NC(=O)C(C(C)CC)NC(=O)C(CCCN)NC1=O. The Balaban J connectivity index is 1.67. The highest BCUT2D eigenvalue weighted by molar-refractivity contribution is 7.12. The number of hydrogen-bond donors (Lipinski definition) is 16. The number of nitrogens with two attached hydrogens (primary N) is 2. The number of aromatic nitrogens is 3. The van der Waals surface area contributed by atoms with Gasteiger partial charge in [0.15, 0.2) is 10.8 Å². The van der Waals surface area contributed by atoms with Crippen molar-refractivity contribution in [1.29, 1.82) is 0 Å². The van der Waals surface area contributed by atoms with Crippen LogP contribution < -0.4 is 70.0 Å². The number of nitrogens with zero attached hydrogens (tertiary/aromatic N) is 2. The Morgan fingerprint density at radius 1 is 0.616 bits per heavy atom. The molecule has 12 amide bonds. The van der Waals surface area contributed by atoms with Crippen LogP contribution in [0.25, 0.3) is 0 Å². The van der Waals surface area contributed by atoms with Crippen LogP contribution in [0.5, 0.6) is 0 Å². The molecule has 18 N–H and O–H groups in total. The van der Waals surface area contributed by atoms with Gasteiger partial charge in [-0.3, -0.25) is 71.9 Å². The number of nitrogens with one attached hydrogen (secondary N) is 12. The van der Waals surface area contributed by atoms with Crippen molar-refractivity contribution in [1.82, 2.24) is 73.4 Å².